The molecule has 0 aromatic heterocycles. The third kappa shape index (κ3) is 4.31. The van der Waals surface area contributed by atoms with E-state index in [1.807, 2.05) is 0 Å². The largest absolute Gasteiger partial charge is 0.312 e. The number of nitrogens with zero attached hydrogens (tertiary/aromatic N) is 1. The normalized spacial score (nSPS) is 21.4. The predicted octanol–water partition coefficient (Wildman–Crippen LogP) is 4.22. The maximum atomic E-state index is 3.53. The molecule has 1 aliphatic rings. The Morgan fingerprint density at radius 2 is 2.05 bits per heavy atom. The average Bonchev–Trinajstić information content (AvgIpc) is 2.49. The highest BCUT2D eigenvalue weighted by atomic mass is 15.2. The lowest BCUT2D eigenvalue weighted by Gasteiger charge is -2.38. The number of hydrogen-bond donors (Lipinski definition) is 1. The SMILES string of the molecule is CCCC1CCCCN1CC(NC)c1ccc(C)c(C)c1. The lowest BCUT2D eigenvalue weighted by Crippen LogP contribution is -2.43. The number of hydrogen-bond acceptors (Lipinski definition) is 2. The van der Waals surface area contributed by atoms with E-state index in [9.17, 15) is 0 Å². The van der Waals surface area contributed by atoms with Gasteiger partial charge in [0.15, 0.2) is 0 Å². The van der Waals surface area contributed by atoms with Crippen LogP contribution in [0.2, 0.25) is 0 Å². The van der Waals surface area contributed by atoms with E-state index < -0.39 is 0 Å². The molecule has 1 heterocycles. The van der Waals surface area contributed by atoms with Gasteiger partial charge in [-0.3, -0.25) is 4.90 Å². The van der Waals surface area contributed by atoms with Crippen molar-refractivity contribution in [3.05, 3.63) is 34.9 Å². The fourth-order valence-electron chi connectivity index (χ4n) is 3.54. The van der Waals surface area contributed by atoms with Gasteiger partial charge in [0.25, 0.3) is 0 Å². The maximum absolute atomic E-state index is 3.53. The van der Waals surface area contributed by atoms with Crippen LogP contribution in [0.25, 0.3) is 0 Å². The van der Waals surface area contributed by atoms with Crippen molar-refractivity contribution in [2.45, 2.75) is 65.0 Å². The summed E-state index contributed by atoms with van der Waals surface area (Å²) in [4.78, 5) is 2.73. The van der Waals surface area contributed by atoms with Crippen molar-refractivity contribution in [1.82, 2.24) is 10.2 Å². The van der Waals surface area contributed by atoms with Gasteiger partial charge in [0.1, 0.15) is 0 Å². The second-order valence-corrected chi connectivity index (χ2v) is 6.62. The van der Waals surface area contributed by atoms with E-state index in [4.69, 9.17) is 0 Å². The first kappa shape index (κ1) is 16.5. The molecule has 0 saturated carbocycles. The van der Waals surface area contributed by atoms with Crippen LogP contribution in [0.1, 0.15) is 61.8 Å². The number of likely N-dealkylation sites (tertiary alicyclic amines) is 1. The summed E-state index contributed by atoms with van der Waals surface area (Å²) in [5.74, 6) is 0. The van der Waals surface area contributed by atoms with Crippen molar-refractivity contribution in [2.24, 2.45) is 0 Å². The van der Waals surface area contributed by atoms with E-state index in [2.05, 4.69) is 56.2 Å². The number of likely N-dealkylation sites (N-methyl/N-ethyl adjacent to an activating group) is 1. The molecule has 2 unspecified atom stereocenters. The van der Waals surface area contributed by atoms with E-state index in [0.29, 0.717) is 6.04 Å². The molecule has 2 rings (SSSR count). The van der Waals surface area contributed by atoms with E-state index in [0.717, 1.165) is 12.6 Å². The topological polar surface area (TPSA) is 15.3 Å². The van der Waals surface area contributed by atoms with Crippen LogP contribution in [0.3, 0.4) is 0 Å². The summed E-state index contributed by atoms with van der Waals surface area (Å²) < 4.78 is 0. The highest BCUT2D eigenvalue weighted by Crippen LogP contribution is 2.25. The summed E-state index contributed by atoms with van der Waals surface area (Å²) in [6.45, 7) is 9.13. The first-order chi connectivity index (χ1) is 10.2. The predicted molar refractivity (Wildman–Crippen MR) is 91.8 cm³/mol. The Hall–Kier alpha value is -0.860. The van der Waals surface area contributed by atoms with Crippen LogP contribution in [-0.2, 0) is 0 Å². The maximum Gasteiger partial charge on any atom is 0.0447 e. The molecule has 1 saturated heterocycles. The quantitative estimate of drug-likeness (QED) is 0.843. The van der Waals surface area contributed by atoms with Crippen LogP contribution < -0.4 is 5.32 Å². The van der Waals surface area contributed by atoms with Gasteiger partial charge in [-0.15, -0.1) is 0 Å². The highest BCUT2D eigenvalue weighted by Gasteiger charge is 2.24. The summed E-state index contributed by atoms with van der Waals surface area (Å²) in [5.41, 5.74) is 4.22. The summed E-state index contributed by atoms with van der Waals surface area (Å²) in [5, 5.41) is 3.53. The van der Waals surface area contributed by atoms with Crippen LogP contribution in [-0.4, -0.2) is 31.1 Å². The van der Waals surface area contributed by atoms with Crippen molar-refractivity contribution in [2.75, 3.05) is 20.1 Å². The highest BCUT2D eigenvalue weighted by molar-refractivity contribution is 5.31. The Kier molecular flexibility index (Phi) is 6.25. The molecule has 118 valence electrons. The molecule has 1 N–H and O–H groups in total. The molecule has 2 atom stereocenters. The Morgan fingerprint density at radius 3 is 2.71 bits per heavy atom. The molecule has 0 radical (unpaired) electrons. The fourth-order valence-corrected chi connectivity index (χ4v) is 3.54. The molecular weight excluding hydrogens is 256 g/mol. The standard InChI is InChI=1S/C19H32N2/c1-5-8-18-9-6-7-12-21(18)14-19(20-4)17-11-10-15(2)16(3)13-17/h10-11,13,18-20H,5-9,12,14H2,1-4H3. The molecule has 1 aromatic rings. The minimum absolute atomic E-state index is 0.446. The Balaban J connectivity index is 2.07. The molecule has 1 aromatic carbocycles. The van der Waals surface area contributed by atoms with Crippen LogP contribution in [0.15, 0.2) is 18.2 Å². The summed E-state index contributed by atoms with van der Waals surface area (Å²) in [7, 11) is 2.10. The lowest BCUT2D eigenvalue weighted by molar-refractivity contribution is 0.126. The fraction of sp³-hybridized carbons (Fsp3) is 0.684. The van der Waals surface area contributed by atoms with Gasteiger partial charge in [-0.25, -0.2) is 0 Å². The van der Waals surface area contributed by atoms with Gasteiger partial charge >= 0.3 is 0 Å². The van der Waals surface area contributed by atoms with Gasteiger partial charge in [-0.05, 0) is 63.4 Å². The van der Waals surface area contributed by atoms with Gasteiger partial charge in [0.05, 0.1) is 0 Å². The number of aryl methyl sites for hydroxylation is 2. The molecule has 1 fully saturated rings. The van der Waals surface area contributed by atoms with Crippen molar-refractivity contribution < 1.29 is 0 Å². The lowest BCUT2D eigenvalue weighted by atomic mass is 9.95. The molecule has 2 nitrogen and oxygen atoms in total. The molecule has 1 aliphatic heterocycles. The van der Waals surface area contributed by atoms with Gasteiger partial charge in [0.2, 0.25) is 0 Å². The van der Waals surface area contributed by atoms with Crippen molar-refractivity contribution >= 4 is 0 Å². The first-order valence-corrected chi connectivity index (χ1v) is 8.64. The smallest absolute Gasteiger partial charge is 0.0447 e. The summed E-state index contributed by atoms with van der Waals surface area (Å²) >= 11 is 0. The molecular formula is C19H32N2. The zero-order valence-corrected chi connectivity index (χ0v) is 14.3. The number of piperidine rings is 1. The number of nitrogens with one attached hydrogen (secondary N) is 1. The van der Waals surface area contributed by atoms with Crippen molar-refractivity contribution in [3.63, 3.8) is 0 Å². The van der Waals surface area contributed by atoms with E-state index in [1.165, 1.54) is 55.3 Å². The second-order valence-electron chi connectivity index (χ2n) is 6.62. The minimum Gasteiger partial charge on any atom is -0.312 e. The van der Waals surface area contributed by atoms with Crippen LogP contribution in [0, 0.1) is 13.8 Å². The molecule has 21 heavy (non-hydrogen) atoms. The van der Waals surface area contributed by atoms with Crippen LogP contribution in [0.4, 0.5) is 0 Å². The first-order valence-electron chi connectivity index (χ1n) is 8.64. The third-order valence-corrected chi connectivity index (χ3v) is 5.07. The van der Waals surface area contributed by atoms with Gasteiger partial charge in [-0.1, -0.05) is 38.0 Å². The van der Waals surface area contributed by atoms with Crippen LogP contribution >= 0.6 is 0 Å². The Bertz CT molecular complexity index is 439. The minimum atomic E-state index is 0.446. The molecule has 0 aliphatic carbocycles. The van der Waals surface area contributed by atoms with Gasteiger partial charge < -0.3 is 5.32 Å². The molecule has 2 heteroatoms. The van der Waals surface area contributed by atoms with Crippen LogP contribution in [0.5, 0.6) is 0 Å². The van der Waals surface area contributed by atoms with E-state index >= 15 is 0 Å². The third-order valence-electron chi connectivity index (χ3n) is 5.07. The monoisotopic (exact) mass is 288 g/mol. The van der Waals surface area contributed by atoms with Gasteiger partial charge in [-0.2, -0.15) is 0 Å². The van der Waals surface area contributed by atoms with Crippen molar-refractivity contribution in [1.29, 1.82) is 0 Å². The Morgan fingerprint density at radius 1 is 1.24 bits per heavy atom. The van der Waals surface area contributed by atoms with E-state index in [1.54, 1.807) is 0 Å². The second kappa shape index (κ2) is 7.95. The summed E-state index contributed by atoms with van der Waals surface area (Å²) in [6.07, 6.45) is 6.81. The summed E-state index contributed by atoms with van der Waals surface area (Å²) in [6, 6.07) is 8.15. The molecule has 0 spiro atoms. The number of benzene rings is 1. The van der Waals surface area contributed by atoms with E-state index in [-0.39, 0.29) is 0 Å². The molecule has 0 amide bonds. The Labute approximate surface area is 130 Å². The van der Waals surface area contributed by atoms with Gasteiger partial charge in [0, 0.05) is 18.6 Å². The number of rotatable bonds is 6. The zero-order valence-electron chi connectivity index (χ0n) is 14.3. The zero-order chi connectivity index (χ0) is 15.2. The average molecular weight is 288 g/mol. The molecule has 0 bridgehead atoms. The van der Waals surface area contributed by atoms with Crippen molar-refractivity contribution in [3.8, 4) is 0 Å².